The number of fused-ring (bicyclic) bond motifs is 1. The van der Waals surface area contributed by atoms with Crippen molar-refractivity contribution in [1.29, 1.82) is 0 Å². The fourth-order valence-electron chi connectivity index (χ4n) is 2.02. The molecule has 0 bridgehead atoms. The molecule has 0 radical (unpaired) electrons. The van der Waals surface area contributed by atoms with E-state index < -0.39 is 0 Å². The zero-order valence-electron chi connectivity index (χ0n) is 10.0. The summed E-state index contributed by atoms with van der Waals surface area (Å²) in [5, 5.41) is 0. The molecule has 0 saturated carbocycles. The van der Waals surface area contributed by atoms with Crippen molar-refractivity contribution in [3.63, 3.8) is 0 Å². The molecule has 0 amide bonds. The molecule has 0 aliphatic heterocycles. The summed E-state index contributed by atoms with van der Waals surface area (Å²) in [6, 6.07) is 8.31. The van der Waals surface area contributed by atoms with Gasteiger partial charge in [-0.15, -0.1) is 11.6 Å². The minimum absolute atomic E-state index is 0.631. The maximum atomic E-state index is 5.84. The maximum absolute atomic E-state index is 5.84. The Morgan fingerprint density at radius 2 is 2.18 bits per heavy atom. The van der Waals surface area contributed by atoms with E-state index >= 15 is 0 Å². The summed E-state index contributed by atoms with van der Waals surface area (Å²) < 4.78 is 2.31. The van der Waals surface area contributed by atoms with Crippen molar-refractivity contribution in [2.75, 3.05) is 17.9 Å². The smallest absolute Gasteiger partial charge is 0.111 e. The fourth-order valence-corrected chi connectivity index (χ4v) is 2.60. The molecule has 2 rings (SSSR count). The molecule has 2 aromatic rings. The van der Waals surface area contributed by atoms with Crippen molar-refractivity contribution < 1.29 is 0 Å². The summed E-state index contributed by atoms with van der Waals surface area (Å²) in [6.07, 6.45) is 4.16. The van der Waals surface area contributed by atoms with E-state index in [1.807, 2.05) is 17.8 Å². The van der Waals surface area contributed by atoms with Crippen molar-refractivity contribution in [1.82, 2.24) is 9.55 Å². The van der Waals surface area contributed by atoms with Crippen LogP contribution in [0.5, 0.6) is 0 Å². The molecule has 0 unspecified atom stereocenters. The molecular formula is C13H17ClN2S. The lowest BCUT2D eigenvalue weighted by Gasteiger charge is -2.07. The van der Waals surface area contributed by atoms with E-state index in [1.165, 1.54) is 17.7 Å². The van der Waals surface area contributed by atoms with E-state index in [1.54, 1.807) is 0 Å². The summed E-state index contributed by atoms with van der Waals surface area (Å²) in [5.41, 5.74) is 2.31. The summed E-state index contributed by atoms with van der Waals surface area (Å²) in [7, 11) is 0. The summed E-state index contributed by atoms with van der Waals surface area (Å²) >= 11 is 7.73. The first-order valence-corrected chi connectivity index (χ1v) is 7.78. The Morgan fingerprint density at radius 1 is 1.35 bits per heavy atom. The number of halogens is 1. The van der Waals surface area contributed by atoms with Gasteiger partial charge >= 0.3 is 0 Å². The van der Waals surface area contributed by atoms with Crippen LogP contribution in [-0.4, -0.2) is 27.4 Å². The second-order valence-corrected chi connectivity index (χ2v) is 5.32. The molecule has 0 aliphatic carbocycles. The minimum atomic E-state index is 0.631. The van der Waals surface area contributed by atoms with Gasteiger partial charge in [0, 0.05) is 18.8 Å². The third-order valence-electron chi connectivity index (χ3n) is 2.78. The molecule has 0 aliphatic rings. The SMILES string of the molecule is CSCCCn1c(CCCl)nc2ccccc21. The second kappa shape index (κ2) is 6.31. The van der Waals surface area contributed by atoms with Gasteiger partial charge in [0.25, 0.3) is 0 Å². The van der Waals surface area contributed by atoms with Crippen molar-refractivity contribution in [3.05, 3.63) is 30.1 Å². The Hall–Kier alpha value is -0.670. The van der Waals surface area contributed by atoms with Gasteiger partial charge in [-0.25, -0.2) is 4.98 Å². The van der Waals surface area contributed by atoms with Crippen LogP contribution < -0.4 is 0 Å². The Labute approximate surface area is 111 Å². The molecule has 0 N–H and O–H groups in total. The second-order valence-electron chi connectivity index (χ2n) is 3.95. The van der Waals surface area contributed by atoms with Crippen LogP contribution in [0.3, 0.4) is 0 Å². The topological polar surface area (TPSA) is 17.8 Å². The quantitative estimate of drug-likeness (QED) is 0.589. The Kier molecular flexibility index (Phi) is 4.75. The minimum Gasteiger partial charge on any atom is -0.328 e. The number of thioether (sulfide) groups is 1. The van der Waals surface area contributed by atoms with Crippen LogP contribution in [-0.2, 0) is 13.0 Å². The largest absolute Gasteiger partial charge is 0.328 e. The predicted molar refractivity (Wildman–Crippen MR) is 77.2 cm³/mol. The third-order valence-corrected chi connectivity index (χ3v) is 3.67. The van der Waals surface area contributed by atoms with E-state index in [0.717, 1.165) is 24.3 Å². The van der Waals surface area contributed by atoms with Crippen LogP contribution in [0.25, 0.3) is 11.0 Å². The van der Waals surface area contributed by atoms with Gasteiger partial charge in [0.1, 0.15) is 5.82 Å². The first-order valence-electron chi connectivity index (χ1n) is 5.86. The van der Waals surface area contributed by atoms with Gasteiger partial charge in [-0.1, -0.05) is 12.1 Å². The molecule has 0 saturated heterocycles. The first kappa shape index (κ1) is 12.8. The number of hydrogen-bond donors (Lipinski definition) is 0. The highest BCUT2D eigenvalue weighted by Crippen LogP contribution is 2.17. The molecule has 1 aromatic carbocycles. The average Bonchev–Trinajstić information content (AvgIpc) is 2.69. The fraction of sp³-hybridized carbons (Fsp3) is 0.462. The lowest BCUT2D eigenvalue weighted by atomic mass is 10.3. The van der Waals surface area contributed by atoms with Gasteiger partial charge in [0.15, 0.2) is 0 Å². The van der Waals surface area contributed by atoms with E-state index in [0.29, 0.717) is 5.88 Å². The predicted octanol–water partition coefficient (Wildman–Crippen LogP) is 3.57. The monoisotopic (exact) mass is 268 g/mol. The summed E-state index contributed by atoms with van der Waals surface area (Å²) in [5.74, 6) is 2.93. The van der Waals surface area contributed by atoms with Gasteiger partial charge in [-0.3, -0.25) is 0 Å². The summed E-state index contributed by atoms with van der Waals surface area (Å²) in [6.45, 7) is 1.04. The highest BCUT2D eigenvalue weighted by atomic mass is 35.5. The molecule has 0 fully saturated rings. The highest BCUT2D eigenvalue weighted by molar-refractivity contribution is 7.98. The lowest BCUT2D eigenvalue weighted by Crippen LogP contribution is -2.05. The number of rotatable bonds is 6. The number of imidazole rings is 1. The molecule has 0 atom stereocenters. The van der Waals surface area contributed by atoms with Crippen molar-refractivity contribution in [3.8, 4) is 0 Å². The lowest BCUT2D eigenvalue weighted by molar-refractivity contribution is 0.665. The van der Waals surface area contributed by atoms with Crippen LogP contribution in [0.15, 0.2) is 24.3 Å². The van der Waals surface area contributed by atoms with E-state index in [4.69, 9.17) is 11.6 Å². The van der Waals surface area contributed by atoms with Crippen LogP contribution in [0.4, 0.5) is 0 Å². The Morgan fingerprint density at radius 3 is 2.94 bits per heavy atom. The number of hydrogen-bond acceptors (Lipinski definition) is 2. The molecule has 17 heavy (non-hydrogen) atoms. The molecule has 92 valence electrons. The van der Waals surface area contributed by atoms with Gasteiger partial charge in [0.2, 0.25) is 0 Å². The van der Waals surface area contributed by atoms with Crippen LogP contribution in [0, 0.1) is 0 Å². The van der Waals surface area contributed by atoms with Crippen molar-refractivity contribution >= 4 is 34.4 Å². The average molecular weight is 269 g/mol. The van der Waals surface area contributed by atoms with E-state index in [9.17, 15) is 0 Å². The molecule has 0 spiro atoms. The number of alkyl halides is 1. The standard InChI is InChI=1S/C13H17ClN2S/c1-17-10-4-9-16-12-6-3-2-5-11(12)15-13(16)7-8-14/h2-3,5-6H,4,7-10H2,1H3. The molecular weight excluding hydrogens is 252 g/mol. The molecule has 1 heterocycles. The van der Waals surface area contributed by atoms with Crippen molar-refractivity contribution in [2.45, 2.75) is 19.4 Å². The third kappa shape index (κ3) is 2.96. The van der Waals surface area contributed by atoms with E-state index in [2.05, 4.69) is 34.0 Å². The number of nitrogens with zero attached hydrogens (tertiary/aromatic N) is 2. The van der Waals surface area contributed by atoms with Gasteiger partial charge < -0.3 is 4.57 Å². The van der Waals surface area contributed by atoms with Crippen LogP contribution in [0.2, 0.25) is 0 Å². The number of benzene rings is 1. The van der Waals surface area contributed by atoms with Gasteiger partial charge in [-0.2, -0.15) is 11.8 Å². The zero-order chi connectivity index (χ0) is 12.1. The number of aryl methyl sites for hydroxylation is 2. The van der Waals surface area contributed by atoms with Crippen LogP contribution in [0.1, 0.15) is 12.2 Å². The summed E-state index contributed by atoms with van der Waals surface area (Å²) in [4.78, 5) is 4.65. The van der Waals surface area contributed by atoms with Crippen molar-refractivity contribution in [2.24, 2.45) is 0 Å². The van der Waals surface area contributed by atoms with E-state index in [-0.39, 0.29) is 0 Å². The highest BCUT2D eigenvalue weighted by Gasteiger charge is 2.08. The number of aromatic nitrogens is 2. The zero-order valence-corrected chi connectivity index (χ0v) is 11.6. The molecule has 1 aromatic heterocycles. The van der Waals surface area contributed by atoms with Crippen LogP contribution >= 0.6 is 23.4 Å². The Balaban J connectivity index is 2.30. The van der Waals surface area contributed by atoms with Gasteiger partial charge in [-0.05, 0) is 30.6 Å². The molecule has 2 nitrogen and oxygen atoms in total. The first-order chi connectivity index (χ1) is 8.36. The molecule has 4 heteroatoms. The maximum Gasteiger partial charge on any atom is 0.111 e. The normalized spacial score (nSPS) is 11.2. The Bertz CT molecular complexity index is 481. The van der Waals surface area contributed by atoms with Gasteiger partial charge in [0.05, 0.1) is 11.0 Å². The number of para-hydroxylation sites is 2.